The minimum absolute atomic E-state index is 0.0526. The Bertz CT molecular complexity index is 928. The van der Waals surface area contributed by atoms with Crippen molar-refractivity contribution in [3.8, 4) is 0 Å². The number of halogens is 1. The zero-order valence-corrected chi connectivity index (χ0v) is 15.5. The molecule has 1 atom stereocenters. The van der Waals surface area contributed by atoms with Gasteiger partial charge in [-0.15, -0.1) is 0 Å². The molecule has 138 valence electrons. The maximum Gasteiger partial charge on any atom is 0.257 e. The zero-order valence-electron chi connectivity index (χ0n) is 14.7. The van der Waals surface area contributed by atoms with Crippen LogP contribution in [0.25, 0.3) is 0 Å². The molecule has 1 aromatic carbocycles. The maximum atomic E-state index is 12.6. The average molecular weight is 383 g/mol. The summed E-state index contributed by atoms with van der Waals surface area (Å²) >= 11 is 6.23. The number of nitrogens with zero attached hydrogens (tertiary/aromatic N) is 4. The number of aromatic nitrogens is 3. The zero-order chi connectivity index (χ0) is 18.6. The summed E-state index contributed by atoms with van der Waals surface area (Å²) in [7, 11) is 0. The molecule has 2 aromatic heterocycles. The monoisotopic (exact) mass is 382 g/mol. The van der Waals surface area contributed by atoms with Gasteiger partial charge < -0.3 is 9.32 Å². The van der Waals surface area contributed by atoms with Crippen LogP contribution in [-0.2, 0) is 6.42 Å². The van der Waals surface area contributed by atoms with Gasteiger partial charge >= 0.3 is 0 Å². The molecule has 0 bridgehead atoms. The van der Waals surface area contributed by atoms with E-state index in [1.54, 1.807) is 18.6 Å². The predicted molar refractivity (Wildman–Crippen MR) is 101 cm³/mol. The Morgan fingerprint density at radius 2 is 2.04 bits per heavy atom. The molecule has 6 nitrogen and oxygen atoms in total. The Morgan fingerprint density at radius 3 is 2.85 bits per heavy atom. The second-order valence-corrected chi connectivity index (χ2v) is 7.06. The van der Waals surface area contributed by atoms with Gasteiger partial charge in [-0.1, -0.05) is 29.8 Å². The Labute approximate surface area is 162 Å². The molecule has 3 aromatic rings. The number of piperidine rings is 1. The van der Waals surface area contributed by atoms with E-state index in [0.717, 1.165) is 35.7 Å². The van der Waals surface area contributed by atoms with Gasteiger partial charge in [0.05, 0.1) is 17.7 Å². The summed E-state index contributed by atoms with van der Waals surface area (Å²) in [6.45, 7) is 1.30. The third-order valence-electron chi connectivity index (χ3n) is 4.76. The first kappa shape index (κ1) is 17.7. The fourth-order valence-corrected chi connectivity index (χ4v) is 3.58. The van der Waals surface area contributed by atoms with Crippen LogP contribution < -0.4 is 0 Å². The molecule has 1 unspecified atom stereocenters. The molecule has 0 saturated carbocycles. The van der Waals surface area contributed by atoms with Crippen molar-refractivity contribution in [3.05, 3.63) is 77.0 Å². The number of likely N-dealkylation sites (tertiary alicyclic amines) is 1. The molecule has 4 rings (SSSR count). The second kappa shape index (κ2) is 7.88. The summed E-state index contributed by atoms with van der Waals surface area (Å²) in [5.74, 6) is 1.49. The van der Waals surface area contributed by atoms with E-state index in [2.05, 4.69) is 15.0 Å². The molecular formula is C20H19ClN4O2. The SMILES string of the molecule is O=C(c1cncnc1)N1CCCC(c2ncc(Cc3ccccc3Cl)o2)C1. The fraction of sp³-hybridized carbons (Fsp3) is 0.300. The van der Waals surface area contributed by atoms with Crippen molar-refractivity contribution in [1.29, 1.82) is 0 Å². The van der Waals surface area contributed by atoms with Crippen LogP contribution in [0.1, 0.15) is 46.3 Å². The van der Waals surface area contributed by atoms with Gasteiger partial charge in [-0.25, -0.2) is 15.0 Å². The minimum Gasteiger partial charge on any atom is -0.445 e. The van der Waals surface area contributed by atoms with E-state index >= 15 is 0 Å². The molecule has 0 spiro atoms. The number of carbonyl (C=O) groups is 1. The van der Waals surface area contributed by atoms with Crippen LogP contribution in [0.4, 0.5) is 0 Å². The highest BCUT2D eigenvalue weighted by molar-refractivity contribution is 6.31. The third-order valence-corrected chi connectivity index (χ3v) is 5.13. The molecule has 1 amide bonds. The van der Waals surface area contributed by atoms with Crippen LogP contribution in [-0.4, -0.2) is 38.8 Å². The third kappa shape index (κ3) is 4.01. The molecule has 1 fully saturated rings. The molecule has 0 aliphatic carbocycles. The Morgan fingerprint density at radius 1 is 1.22 bits per heavy atom. The quantitative estimate of drug-likeness (QED) is 0.687. The van der Waals surface area contributed by atoms with Crippen molar-refractivity contribution in [1.82, 2.24) is 19.9 Å². The molecule has 3 heterocycles. The van der Waals surface area contributed by atoms with E-state index in [9.17, 15) is 4.79 Å². The van der Waals surface area contributed by atoms with Crippen molar-refractivity contribution in [2.24, 2.45) is 0 Å². The van der Waals surface area contributed by atoms with Gasteiger partial charge in [0.2, 0.25) is 0 Å². The van der Waals surface area contributed by atoms with Gasteiger partial charge in [-0.2, -0.15) is 0 Å². The average Bonchev–Trinajstić information content (AvgIpc) is 3.19. The van der Waals surface area contributed by atoms with Gasteiger partial charge in [-0.05, 0) is 24.5 Å². The van der Waals surface area contributed by atoms with Gasteiger partial charge in [0.1, 0.15) is 12.1 Å². The van der Waals surface area contributed by atoms with E-state index in [1.165, 1.54) is 6.33 Å². The second-order valence-electron chi connectivity index (χ2n) is 6.65. The minimum atomic E-state index is -0.0526. The van der Waals surface area contributed by atoms with Crippen LogP contribution >= 0.6 is 11.6 Å². The number of benzene rings is 1. The van der Waals surface area contributed by atoms with Crippen LogP contribution in [0.2, 0.25) is 5.02 Å². The summed E-state index contributed by atoms with van der Waals surface area (Å²) < 4.78 is 5.98. The highest BCUT2D eigenvalue weighted by Crippen LogP contribution is 2.28. The van der Waals surface area contributed by atoms with Crippen molar-refractivity contribution in [3.63, 3.8) is 0 Å². The topological polar surface area (TPSA) is 72.1 Å². The van der Waals surface area contributed by atoms with E-state index in [1.807, 2.05) is 29.2 Å². The van der Waals surface area contributed by atoms with Gasteiger partial charge in [0, 0.05) is 36.9 Å². The smallest absolute Gasteiger partial charge is 0.257 e. The van der Waals surface area contributed by atoms with E-state index in [4.69, 9.17) is 16.0 Å². The highest BCUT2D eigenvalue weighted by atomic mass is 35.5. The number of hydrogen-bond acceptors (Lipinski definition) is 5. The van der Waals surface area contributed by atoms with Crippen molar-refractivity contribution in [2.75, 3.05) is 13.1 Å². The number of rotatable bonds is 4. The Balaban J connectivity index is 1.45. The normalized spacial score (nSPS) is 17.1. The molecule has 1 aliphatic rings. The standard InChI is InChI=1S/C20H19ClN4O2/c21-18-6-2-1-4-14(18)8-17-11-24-19(27-17)15-5-3-7-25(12-15)20(26)16-9-22-13-23-10-16/h1-2,4,6,9-11,13,15H,3,5,7-8,12H2. The summed E-state index contributed by atoms with van der Waals surface area (Å²) in [5.41, 5.74) is 1.51. The summed E-state index contributed by atoms with van der Waals surface area (Å²) in [4.78, 5) is 26.8. The Kier molecular flexibility index (Phi) is 5.16. The summed E-state index contributed by atoms with van der Waals surface area (Å²) in [6, 6.07) is 7.71. The first-order chi connectivity index (χ1) is 13.2. The van der Waals surface area contributed by atoms with Gasteiger partial charge in [-0.3, -0.25) is 4.79 Å². The lowest BCUT2D eigenvalue weighted by Crippen LogP contribution is -2.39. The summed E-state index contributed by atoms with van der Waals surface area (Å²) in [5, 5.41) is 0.718. The van der Waals surface area contributed by atoms with Crippen LogP contribution in [0, 0.1) is 0 Å². The largest absolute Gasteiger partial charge is 0.445 e. The molecule has 1 aliphatic heterocycles. The number of hydrogen-bond donors (Lipinski definition) is 0. The maximum absolute atomic E-state index is 12.6. The van der Waals surface area contributed by atoms with Crippen LogP contribution in [0.15, 0.2) is 53.6 Å². The van der Waals surface area contributed by atoms with Gasteiger partial charge in [0.15, 0.2) is 5.89 Å². The molecular weight excluding hydrogens is 364 g/mol. The first-order valence-corrected chi connectivity index (χ1v) is 9.31. The molecule has 1 saturated heterocycles. The van der Waals surface area contributed by atoms with Crippen molar-refractivity contribution < 1.29 is 9.21 Å². The van der Waals surface area contributed by atoms with Crippen molar-refractivity contribution in [2.45, 2.75) is 25.2 Å². The van der Waals surface area contributed by atoms with E-state index in [0.29, 0.717) is 24.4 Å². The molecule has 27 heavy (non-hydrogen) atoms. The molecule has 0 N–H and O–H groups in total. The lowest BCUT2D eigenvalue weighted by atomic mass is 9.97. The molecule has 7 heteroatoms. The van der Waals surface area contributed by atoms with Crippen LogP contribution in [0.3, 0.4) is 0 Å². The first-order valence-electron chi connectivity index (χ1n) is 8.93. The van der Waals surface area contributed by atoms with Crippen LogP contribution in [0.5, 0.6) is 0 Å². The Hall–Kier alpha value is -2.73. The summed E-state index contributed by atoms with van der Waals surface area (Å²) in [6.07, 6.45) is 8.72. The number of amides is 1. The molecule has 0 radical (unpaired) electrons. The van der Waals surface area contributed by atoms with E-state index in [-0.39, 0.29) is 11.8 Å². The highest BCUT2D eigenvalue weighted by Gasteiger charge is 2.28. The number of oxazole rings is 1. The number of carbonyl (C=O) groups excluding carboxylic acids is 1. The lowest BCUT2D eigenvalue weighted by molar-refractivity contribution is 0.0697. The lowest BCUT2D eigenvalue weighted by Gasteiger charge is -2.31. The van der Waals surface area contributed by atoms with Crippen molar-refractivity contribution >= 4 is 17.5 Å². The predicted octanol–water partition coefficient (Wildman–Crippen LogP) is 3.73. The van der Waals surface area contributed by atoms with Gasteiger partial charge in [0.25, 0.3) is 5.91 Å². The van der Waals surface area contributed by atoms with E-state index < -0.39 is 0 Å². The fourth-order valence-electron chi connectivity index (χ4n) is 3.38.